The number of aryl methyl sites for hydroxylation is 1. The molecule has 1 aliphatic rings. The lowest BCUT2D eigenvalue weighted by Gasteiger charge is -2.25. The van der Waals surface area contributed by atoms with Gasteiger partial charge < -0.3 is 10.1 Å². The summed E-state index contributed by atoms with van der Waals surface area (Å²) in [6.45, 7) is 6.38. The Morgan fingerprint density at radius 1 is 1.38 bits per heavy atom. The number of hydrogen-bond donors (Lipinski definition) is 1. The summed E-state index contributed by atoms with van der Waals surface area (Å²) >= 11 is 7.45. The fourth-order valence-electron chi connectivity index (χ4n) is 3.49. The van der Waals surface area contributed by atoms with Crippen LogP contribution in [0.3, 0.4) is 0 Å². The van der Waals surface area contributed by atoms with Crippen LogP contribution in [0.1, 0.15) is 49.5 Å². The second-order valence-corrected chi connectivity index (χ2v) is 8.52. The second-order valence-electron chi connectivity index (χ2n) is 7.14. The molecule has 2 aromatic rings. The van der Waals surface area contributed by atoms with E-state index in [1.54, 1.807) is 6.08 Å². The largest absolute Gasteiger partial charge is 0.485 e. The molecule has 1 saturated carbocycles. The van der Waals surface area contributed by atoms with Crippen LogP contribution >= 0.6 is 23.4 Å². The fourth-order valence-corrected chi connectivity index (χ4v) is 4.58. The van der Waals surface area contributed by atoms with E-state index in [0.717, 1.165) is 35.1 Å². The quantitative estimate of drug-likeness (QED) is 0.457. The maximum atomic E-state index is 12.0. The molecule has 0 aliphatic heterocycles. The first-order valence-electron chi connectivity index (χ1n) is 9.91. The fraction of sp³-hybridized carbons (Fsp3) is 0.476. The lowest BCUT2D eigenvalue weighted by atomic mass is 9.95. The lowest BCUT2D eigenvalue weighted by molar-refractivity contribution is -0.118. The van der Waals surface area contributed by atoms with E-state index >= 15 is 0 Å². The van der Waals surface area contributed by atoms with Crippen molar-refractivity contribution in [2.75, 3.05) is 12.3 Å². The third-order valence-electron chi connectivity index (χ3n) is 4.94. The summed E-state index contributed by atoms with van der Waals surface area (Å²) < 4.78 is 8.20. The molecule has 0 unspecified atom stereocenters. The molecule has 1 fully saturated rings. The average Bonchev–Trinajstić information content (AvgIpc) is 3.13. The first kappa shape index (κ1) is 21.7. The van der Waals surface area contributed by atoms with Crippen molar-refractivity contribution in [3.05, 3.63) is 47.3 Å². The third-order valence-corrected chi connectivity index (χ3v) is 6.12. The van der Waals surface area contributed by atoms with Crippen molar-refractivity contribution in [2.24, 2.45) is 0 Å². The van der Waals surface area contributed by atoms with Crippen molar-refractivity contribution in [1.82, 2.24) is 20.1 Å². The molecule has 6 nitrogen and oxygen atoms in total. The molecule has 1 aliphatic carbocycles. The molecule has 29 heavy (non-hydrogen) atoms. The molecule has 1 aromatic heterocycles. The highest BCUT2D eigenvalue weighted by molar-refractivity contribution is 7.99. The van der Waals surface area contributed by atoms with Crippen molar-refractivity contribution < 1.29 is 9.53 Å². The number of nitrogens with zero attached hydrogens (tertiary/aromatic N) is 3. The number of hydrogen-bond acceptors (Lipinski definition) is 5. The number of rotatable bonds is 9. The highest BCUT2D eigenvalue weighted by atomic mass is 35.5. The van der Waals surface area contributed by atoms with E-state index in [0.29, 0.717) is 30.0 Å². The van der Waals surface area contributed by atoms with Crippen molar-refractivity contribution in [3.8, 4) is 5.75 Å². The van der Waals surface area contributed by atoms with Gasteiger partial charge in [0, 0.05) is 17.6 Å². The van der Waals surface area contributed by atoms with Gasteiger partial charge in [-0.2, -0.15) is 0 Å². The van der Waals surface area contributed by atoms with Crippen LogP contribution in [0.2, 0.25) is 5.02 Å². The molecule has 1 amide bonds. The van der Waals surface area contributed by atoms with Crippen molar-refractivity contribution in [1.29, 1.82) is 0 Å². The first-order chi connectivity index (χ1) is 14.1. The van der Waals surface area contributed by atoms with Gasteiger partial charge >= 0.3 is 0 Å². The lowest BCUT2D eigenvalue weighted by Crippen LogP contribution is -2.25. The van der Waals surface area contributed by atoms with Gasteiger partial charge in [0.05, 0.1) is 5.75 Å². The Balaban J connectivity index is 1.74. The summed E-state index contributed by atoms with van der Waals surface area (Å²) in [5, 5.41) is 13.0. The minimum atomic E-state index is -0.0392. The molecule has 1 heterocycles. The first-order valence-corrected chi connectivity index (χ1v) is 11.3. The standard InChI is InChI=1S/C21H27ClN4O2S/c1-3-11-23-20(27)14-29-21-25-24-19(26(21)17-7-5-4-6-8-17)13-28-18-10-9-16(22)12-15(18)2/h3,9-10,12,17H,1,4-8,11,13-14H2,2H3,(H,23,27). The van der Waals surface area contributed by atoms with Gasteiger partial charge in [0.1, 0.15) is 12.4 Å². The summed E-state index contributed by atoms with van der Waals surface area (Å²) in [4.78, 5) is 12.0. The van der Waals surface area contributed by atoms with E-state index in [2.05, 4.69) is 26.7 Å². The maximum absolute atomic E-state index is 12.0. The molecule has 1 N–H and O–H groups in total. The summed E-state index contributed by atoms with van der Waals surface area (Å²) in [7, 11) is 0. The molecule has 0 radical (unpaired) electrons. The van der Waals surface area contributed by atoms with Crippen LogP contribution in [0.25, 0.3) is 0 Å². The van der Waals surface area contributed by atoms with Crippen LogP contribution in [0.15, 0.2) is 36.0 Å². The maximum Gasteiger partial charge on any atom is 0.230 e. The van der Waals surface area contributed by atoms with E-state index in [4.69, 9.17) is 16.3 Å². The van der Waals surface area contributed by atoms with Gasteiger partial charge in [-0.3, -0.25) is 9.36 Å². The minimum absolute atomic E-state index is 0.0392. The number of amides is 1. The van der Waals surface area contributed by atoms with Crippen molar-refractivity contribution in [3.63, 3.8) is 0 Å². The number of ether oxygens (including phenoxy) is 1. The van der Waals surface area contributed by atoms with E-state index < -0.39 is 0 Å². The number of carbonyl (C=O) groups is 1. The van der Waals surface area contributed by atoms with E-state index in [1.165, 1.54) is 31.0 Å². The molecular weight excluding hydrogens is 408 g/mol. The van der Waals surface area contributed by atoms with Crippen LogP contribution in [0.5, 0.6) is 5.75 Å². The van der Waals surface area contributed by atoms with Crippen LogP contribution in [0, 0.1) is 6.92 Å². The normalized spacial score (nSPS) is 14.6. The van der Waals surface area contributed by atoms with E-state index in [-0.39, 0.29) is 5.91 Å². The van der Waals surface area contributed by atoms with Gasteiger partial charge in [-0.25, -0.2) is 0 Å². The summed E-state index contributed by atoms with van der Waals surface area (Å²) in [5.41, 5.74) is 0.981. The Morgan fingerprint density at radius 2 is 2.17 bits per heavy atom. The smallest absolute Gasteiger partial charge is 0.230 e. The zero-order chi connectivity index (χ0) is 20.6. The third kappa shape index (κ3) is 6.00. The predicted octanol–water partition coefficient (Wildman–Crippen LogP) is 4.72. The summed E-state index contributed by atoms with van der Waals surface area (Å²) in [6.07, 6.45) is 7.53. The van der Waals surface area contributed by atoms with E-state index in [9.17, 15) is 4.79 Å². The Morgan fingerprint density at radius 3 is 2.90 bits per heavy atom. The zero-order valence-corrected chi connectivity index (χ0v) is 18.3. The second kappa shape index (κ2) is 10.7. The van der Waals surface area contributed by atoms with Gasteiger partial charge in [-0.15, -0.1) is 16.8 Å². The average molecular weight is 435 g/mol. The van der Waals surface area contributed by atoms with Crippen LogP contribution in [-0.2, 0) is 11.4 Å². The van der Waals surface area contributed by atoms with Gasteiger partial charge in [0.25, 0.3) is 0 Å². The predicted molar refractivity (Wildman–Crippen MR) is 117 cm³/mol. The van der Waals surface area contributed by atoms with Gasteiger partial charge in [-0.05, 0) is 43.5 Å². The van der Waals surface area contributed by atoms with Crippen LogP contribution in [-0.4, -0.2) is 33.0 Å². The Kier molecular flexibility index (Phi) is 8.00. The number of benzene rings is 1. The molecular formula is C21H27ClN4O2S. The van der Waals surface area contributed by atoms with Crippen LogP contribution in [0.4, 0.5) is 0 Å². The highest BCUT2D eigenvalue weighted by Crippen LogP contribution is 2.33. The number of halogens is 1. The number of nitrogens with one attached hydrogen (secondary N) is 1. The van der Waals surface area contributed by atoms with Gasteiger partial charge in [0.2, 0.25) is 5.91 Å². The zero-order valence-electron chi connectivity index (χ0n) is 16.7. The number of thioether (sulfide) groups is 1. The molecule has 156 valence electrons. The van der Waals surface area contributed by atoms with Gasteiger partial charge in [-0.1, -0.05) is 48.7 Å². The van der Waals surface area contributed by atoms with Gasteiger partial charge in [0.15, 0.2) is 11.0 Å². The summed E-state index contributed by atoms with van der Waals surface area (Å²) in [5.74, 6) is 1.84. The number of aromatic nitrogens is 3. The SMILES string of the molecule is C=CCNC(=O)CSc1nnc(COc2ccc(Cl)cc2C)n1C1CCCCC1. The molecule has 0 saturated heterocycles. The molecule has 1 aromatic carbocycles. The Labute approximate surface area is 181 Å². The topological polar surface area (TPSA) is 69.0 Å². The Bertz CT molecular complexity index is 849. The van der Waals surface area contributed by atoms with E-state index in [1.807, 2.05) is 25.1 Å². The summed E-state index contributed by atoms with van der Waals surface area (Å²) in [6, 6.07) is 5.92. The molecule has 0 spiro atoms. The molecule has 8 heteroatoms. The van der Waals surface area contributed by atoms with Crippen molar-refractivity contribution in [2.45, 2.75) is 56.8 Å². The molecule has 3 rings (SSSR count). The number of carbonyl (C=O) groups excluding carboxylic acids is 1. The van der Waals surface area contributed by atoms with Crippen molar-refractivity contribution >= 4 is 29.3 Å². The minimum Gasteiger partial charge on any atom is -0.485 e. The molecule has 0 bridgehead atoms. The Hall–Kier alpha value is -1.99. The van der Waals surface area contributed by atoms with Crippen LogP contribution < -0.4 is 10.1 Å². The highest BCUT2D eigenvalue weighted by Gasteiger charge is 2.24. The molecule has 0 atom stereocenters. The monoisotopic (exact) mass is 434 g/mol.